The Kier molecular flexibility index (Phi) is 9.17. The largest absolute Gasteiger partial charge is 0.497 e. The lowest BCUT2D eigenvalue weighted by Gasteiger charge is -2.18. The first-order chi connectivity index (χ1) is 19.3. The molecule has 0 heterocycles. The predicted octanol–water partition coefficient (Wildman–Crippen LogP) is 6.78. The predicted molar refractivity (Wildman–Crippen MR) is 155 cm³/mol. The van der Waals surface area contributed by atoms with Gasteiger partial charge in [-0.2, -0.15) is 0 Å². The van der Waals surface area contributed by atoms with Gasteiger partial charge in [0.15, 0.2) is 5.78 Å². The summed E-state index contributed by atoms with van der Waals surface area (Å²) in [6.07, 6.45) is 0.975. The van der Waals surface area contributed by atoms with E-state index in [4.69, 9.17) is 14.6 Å². The van der Waals surface area contributed by atoms with Crippen LogP contribution in [0.4, 0.5) is 5.69 Å². The van der Waals surface area contributed by atoms with E-state index in [1.54, 1.807) is 25.3 Å². The third-order valence-corrected chi connectivity index (χ3v) is 6.91. The summed E-state index contributed by atoms with van der Waals surface area (Å²) in [5.74, 6) is -0.591. The van der Waals surface area contributed by atoms with Crippen molar-refractivity contribution >= 4 is 34.1 Å². The first-order valence-electron chi connectivity index (χ1n) is 13.2. The molecule has 0 aliphatic heterocycles. The second kappa shape index (κ2) is 12.9. The molecular weight excluding hydrogens is 506 g/mol. The fourth-order valence-corrected chi connectivity index (χ4v) is 4.69. The molecule has 0 aliphatic rings. The highest BCUT2D eigenvalue weighted by Gasteiger charge is 2.19. The molecule has 4 aromatic carbocycles. The van der Waals surface area contributed by atoms with Gasteiger partial charge in [-0.3, -0.25) is 14.4 Å². The molecule has 7 nitrogen and oxygen atoms in total. The monoisotopic (exact) mass is 539 g/mol. The number of hydrogen-bond acceptors (Lipinski definition) is 5. The molecule has 0 aliphatic carbocycles. The van der Waals surface area contributed by atoms with Crippen molar-refractivity contribution in [2.24, 2.45) is 0 Å². The number of methoxy groups -OCH3 is 1. The van der Waals surface area contributed by atoms with Gasteiger partial charge in [-0.15, -0.1) is 0 Å². The van der Waals surface area contributed by atoms with Crippen molar-refractivity contribution in [3.05, 3.63) is 101 Å². The van der Waals surface area contributed by atoms with Crippen molar-refractivity contribution in [2.45, 2.75) is 45.6 Å². The first-order valence-corrected chi connectivity index (χ1v) is 13.2. The Morgan fingerprint density at radius 1 is 0.950 bits per heavy atom. The van der Waals surface area contributed by atoms with Crippen LogP contribution in [0.5, 0.6) is 11.5 Å². The Balaban J connectivity index is 1.59. The third-order valence-electron chi connectivity index (χ3n) is 6.91. The van der Waals surface area contributed by atoms with Gasteiger partial charge in [0.2, 0.25) is 5.91 Å². The number of carbonyl (C=O) groups excluding carboxylic acids is 2. The van der Waals surface area contributed by atoms with Crippen LogP contribution in [0.3, 0.4) is 0 Å². The quantitative estimate of drug-likeness (QED) is 0.193. The summed E-state index contributed by atoms with van der Waals surface area (Å²) in [7, 11) is 1.55. The topological polar surface area (TPSA) is 102 Å². The van der Waals surface area contributed by atoms with E-state index in [9.17, 15) is 14.4 Å². The molecule has 0 saturated carbocycles. The van der Waals surface area contributed by atoms with E-state index in [0.29, 0.717) is 35.6 Å². The lowest BCUT2D eigenvalue weighted by molar-refractivity contribution is -0.137. The molecule has 7 heteroatoms. The van der Waals surface area contributed by atoms with Crippen LogP contribution in [-0.2, 0) is 22.6 Å². The lowest BCUT2D eigenvalue weighted by Crippen LogP contribution is -2.20. The average Bonchev–Trinajstić information content (AvgIpc) is 2.95. The molecule has 0 fully saturated rings. The van der Waals surface area contributed by atoms with Gasteiger partial charge < -0.3 is 19.9 Å². The molecule has 206 valence electrons. The van der Waals surface area contributed by atoms with Gasteiger partial charge in [0.25, 0.3) is 0 Å². The fourth-order valence-electron chi connectivity index (χ4n) is 4.69. The van der Waals surface area contributed by atoms with E-state index in [1.165, 1.54) is 6.92 Å². The van der Waals surface area contributed by atoms with Crippen molar-refractivity contribution in [2.75, 3.05) is 12.4 Å². The van der Waals surface area contributed by atoms with Gasteiger partial charge in [0, 0.05) is 18.2 Å². The number of Topliss-reactive ketones (excluding diaryl/α,β-unsaturated/α-hetero) is 1. The Morgan fingerprint density at radius 2 is 1.73 bits per heavy atom. The number of rotatable bonds is 12. The van der Waals surface area contributed by atoms with Crippen molar-refractivity contribution < 1.29 is 29.0 Å². The zero-order valence-electron chi connectivity index (χ0n) is 22.9. The van der Waals surface area contributed by atoms with Gasteiger partial charge >= 0.3 is 5.97 Å². The number of aryl methyl sites for hydroxylation is 1. The smallest absolute Gasteiger partial charge is 0.303 e. The van der Waals surface area contributed by atoms with Crippen molar-refractivity contribution in [3.8, 4) is 11.5 Å². The molecule has 40 heavy (non-hydrogen) atoms. The van der Waals surface area contributed by atoms with Crippen molar-refractivity contribution in [1.82, 2.24) is 0 Å². The van der Waals surface area contributed by atoms with Gasteiger partial charge in [0.1, 0.15) is 18.1 Å². The standard InChI is InChI=1S/C33H33NO6/c1-21(27-12-6-9-24-8-4-5-11-29(24)27)33(38)34-30-18-23(14-15-25(30)10-7-13-32(36)37)20-40-31-19-26(39-3)16-17-28(31)22(2)35/h4-6,8-9,11-12,14-19,21H,7,10,13,20H2,1-3H3,(H,34,38)(H,36,37). The number of aliphatic carboxylic acids is 1. The molecule has 0 bridgehead atoms. The Bertz CT molecular complexity index is 1540. The number of carbonyl (C=O) groups is 3. The highest BCUT2D eigenvalue weighted by Crippen LogP contribution is 2.30. The van der Waals surface area contributed by atoms with Gasteiger partial charge in [0.05, 0.1) is 18.6 Å². The Hall–Kier alpha value is -4.65. The Labute approximate surface area is 233 Å². The number of hydrogen-bond donors (Lipinski definition) is 2. The summed E-state index contributed by atoms with van der Waals surface area (Å²) in [6.45, 7) is 3.51. The van der Waals surface area contributed by atoms with Crippen LogP contribution in [0.1, 0.15) is 59.7 Å². The van der Waals surface area contributed by atoms with Crippen LogP contribution in [0, 0.1) is 0 Å². The summed E-state index contributed by atoms with van der Waals surface area (Å²) in [6, 6.07) is 24.6. The van der Waals surface area contributed by atoms with Crippen LogP contribution in [0.15, 0.2) is 78.9 Å². The number of nitrogens with one attached hydrogen (secondary N) is 1. The molecule has 1 unspecified atom stereocenters. The minimum Gasteiger partial charge on any atom is -0.497 e. The zero-order chi connectivity index (χ0) is 28.6. The van der Waals surface area contributed by atoms with Crippen molar-refractivity contribution in [3.63, 3.8) is 0 Å². The minimum absolute atomic E-state index is 0.0360. The van der Waals surface area contributed by atoms with E-state index in [-0.39, 0.29) is 24.7 Å². The molecule has 0 radical (unpaired) electrons. The molecule has 0 saturated heterocycles. The van der Waals surface area contributed by atoms with Crippen LogP contribution < -0.4 is 14.8 Å². The normalized spacial score (nSPS) is 11.6. The van der Waals surface area contributed by atoms with E-state index >= 15 is 0 Å². The van der Waals surface area contributed by atoms with Crippen LogP contribution in [0.2, 0.25) is 0 Å². The molecule has 4 aromatic rings. The summed E-state index contributed by atoms with van der Waals surface area (Å²) in [4.78, 5) is 36.7. The maximum Gasteiger partial charge on any atom is 0.303 e. The number of ketones is 1. The number of anilines is 1. The number of ether oxygens (including phenoxy) is 2. The maximum atomic E-state index is 13.5. The SMILES string of the molecule is COc1ccc(C(C)=O)c(OCc2ccc(CCCC(=O)O)c(NC(=O)C(C)c3cccc4ccccc34)c2)c1. The third kappa shape index (κ3) is 6.86. The van der Waals surface area contributed by atoms with Crippen molar-refractivity contribution in [1.29, 1.82) is 0 Å². The molecule has 4 rings (SSSR count). The Morgan fingerprint density at radius 3 is 2.48 bits per heavy atom. The number of carboxylic acid groups (broad SMARTS) is 1. The van der Waals surface area contributed by atoms with Crippen LogP contribution in [0.25, 0.3) is 10.8 Å². The average molecular weight is 540 g/mol. The number of amides is 1. The molecular formula is C33H33NO6. The van der Waals surface area contributed by atoms with E-state index in [0.717, 1.165) is 27.5 Å². The molecule has 0 aromatic heterocycles. The van der Waals surface area contributed by atoms with Gasteiger partial charge in [-0.05, 0) is 72.4 Å². The summed E-state index contributed by atoms with van der Waals surface area (Å²) >= 11 is 0. The van der Waals surface area contributed by atoms with E-state index in [2.05, 4.69) is 5.32 Å². The molecule has 1 amide bonds. The van der Waals surface area contributed by atoms with E-state index < -0.39 is 11.9 Å². The molecule has 1 atom stereocenters. The van der Waals surface area contributed by atoms with E-state index in [1.807, 2.05) is 67.6 Å². The second-order valence-corrected chi connectivity index (χ2v) is 9.73. The van der Waals surface area contributed by atoms with Crippen LogP contribution in [-0.4, -0.2) is 29.9 Å². The van der Waals surface area contributed by atoms with Gasteiger partial charge in [-0.1, -0.05) is 54.6 Å². The maximum absolute atomic E-state index is 13.5. The fraction of sp³-hybridized carbons (Fsp3) is 0.242. The lowest BCUT2D eigenvalue weighted by atomic mass is 9.94. The summed E-state index contributed by atoms with van der Waals surface area (Å²) < 4.78 is 11.3. The molecule has 0 spiro atoms. The highest BCUT2D eigenvalue weighted by molar-refractivity contribution is 6.00. The first kappa shape index (κ1) is 28.4. The highest BCUT2D eigenvalue weighted by atomic mass is 16.5. The van der Waals surface area contributed by atoms with Gasteiger partial charge in [-0.25, -0.2) is 0 Å². The minimum atomic E-state index is -0.861. The number of fused-ring (bicyclic) bond motifs is 1. The molecule has 2 N–H and O–H groups in total. The second-order valence-electron chi connectivity index (χ2n) is 9.73. The zero-order valence-corrected chi connectivity index (χ0v) is 22.9. The van der Waals surface area contributed by atoms with Crippen LogP contribution >= 0.6 is 0 Å². The summed E-state index contributed by atoms with van der Waals surface area (Å²) in [5, 5.41) is 14.3. The summed E-state index contributed by atoms with van der Waals surface area (Å²) in [5.41, 5.74) is 3.61. The number of benzene rings is 4. The number of carboxylic acids is 1.